The Morgan fingerprint density at radius 3 is 2.90 bits per heavy atom. The van der Waals surface area contributed by atoms with Crippen LogP contribution in [-0.4, -0.2) is 42.8 Å². The number of anilines is 1. The third-order valence-corrected chi connectivity index (χ3v) is 3.94. The molecule has 0 aliphatic carbocycles. The number of rotatable bonds is 6. The summed E-state index contributed by atoms with van der Waals surface area (Å²) in [5, 5.41) is 3.34. The van der Waals surface area contributed by atoms with Crippen LogP contribution in [0.5, 0.6) is 0 Å². The smallest absolute Gasteiger partial charge is 0.147 e. The van der Waals surface area contributed by atoms with Crippen LogP contribution in [0.3, 0.4) is 0 Å². The van der Waals surface area contributed by atoms with E-state index >= 15 is 0 Å². The summed E-state index contributed by atoms with van der Waals surface area (Å²) in [7, 11) is 1.79. The Hall–Kier alpha value is -1.20. The number of aromatic nitrogens is 2. The first-order chi connectivity index (χ1) is 9.74. The van der Waals surface area contributed by atoms with Crippen molar-refractivity contribution in [3.63, 3.8) is 0 Å². The predicted octanol–water partition coefficient (Wildman–Crippen LogP) is 1.84. The van der Waals surface area contributed by atoms with Crippen molar-refractivity contribution in [1.82, 2.24) is 15.3 Å². The molecule has 0 radical (unpaired) electrons. The lowest BCUT2D eigenvalue weighted by Gasteiger charge is -2.36. The quantitative estimate of drug-likeness (QED) is 0.805. The van der Waals surface area contributed by atoms with Gasteiger partial charge in [-0.1, -0.05) is 13.8 Å². The molecule has 2 unspecified atom stereocenters. The largest absolute Gasteiger partial charge is 0.379 e. The van der Waals surface area contributed by atoms with Crippen molar-refractivity contribution in [1.29, 1.82) is 0 Å². The van der Waals surface area contributed by atoms with E-state index in [0.29, 0.717) is 5.92 Å². The first kappa shape index (κ1) is 15.2. The maximum Gasteiger partial charge on any atom is 0.147 e. The van der Waals surface area contributed by atoms with E-state index in [0.717, 1.165) is 50.5 Å². The zero-order valence-electron chi connectivity index (χ0n) is 12.8. The first-order valence-corrected chi connectivity index (χ1v) is 7.54. The average Bonchev–Trinajstić information content (AvgIpc) is 2.49. The maximum absolute atomic E-state index is 5.54. The highest BCUT2D eigenvalue weighted by molar-refractivity contribution is 5.36. The third-order valence-electron chi connectivity index (χ3n) is 3.94. The average molecular weight is 278 g/mol. The molecule has 1 N–H and O–H groups in total. The minimum Gasteiger partial charge on any atom is -0.379 e. The number of hydrogen-bond donors (Lipinski definition) is 1. The molecule has 1 aliphatic heterocycles. The van der Waals surface area contributed by atoms with Crippen molar-refractivity contribution >= 4 is 5.82 Å². The number of ether oxygens (including phenoxy) is 1. The topological polar surface area (TPSA) is 50.3 Å². The van der Waals surface area contributed by atoms with Crippen LogP contribution in [0.2, 0.25) is 0 Å². The van der Waals surface area contributed by atoms with E-state index in [-0.39, 0.29) is 6.10 Å². The molecular weight excluding hydrogens is 252 g/mol. The van der Waals surface area contributed by atoms with Gasteiger partial charge >= 0.3 is 0 Å². The van der Waals surface area contributed by atoms with E-state index < -0.39 is 0 Å². The zero-order chi connectivity index (χ0) is 14.4. The normalized spacial score (nSPS) is 23.1. The van der Waals surface area contributed by atoms with E-state index in [9.17, 15) is 0 Å². The summed E-state index contributed by atoms with van der Waals surface area (Å²) in [5.74, 6) is 1.57. The monoisotopic (exact) mass is 278 g/mol. The van der Waals surface area contributed by atoms with Gasteiger partial charge in [0.25, 0.3) is 0 Å². The Morgan fingerprint density at radius 1 is 1.40 bits per heavy atom. The van der Waals surface area contributed by atoms with Crippen molar-refractivity contribution in [2.75, 3.05) is 31.6 Å². The molecule has 1 aliphatic rings. The molecule has 1 aromatic heterocycles. The highest BCUT2D eigenvalue weighted by Gasteiger charge is 2.26. The Kier molecular flexibility index (Phi) is 5.73. The van der Waals surface area contributed by atoms with Crippen LogP contribution >= 0.6 is 0 Å². The summed E-state index contributed by atoms with van der Waals surface area (Å²) in [6.45, 7) is 8.15. The van der Waals surface area contributed by atoms with Gasteiger partial charge in [-0.2, -0.15) is 0 Å². The van der Waals surface area contributed by atoms with Crippen molar-refractivity contribution in [3.05, 3.63) is 18.1 Å². The lowest BCUT2D eigenvalue weighted by atomic mass is 9.96. The minimum atomic E-state index is 0.288. The van der Waals surface area contributed by atoms with Crippen LogP contribution in [0.1, 0.15) is 32.4 Å². The second kappa shape index (κ2) is 7.55. The van der Waals surface area contributed by atoms with Gasteiger partial charge in [-0.3, -0.25) is 4.98 Å². The lowest BCUT2D eigenvalue weighted by Crippen LogP contribution is -2.44. The second-order valence-corrected chi connectivity index (χ2v) is 5.53. The van der Waals surface area contributed by atoms with Gasteiger partial charge in [0.15, 0.2) is 0 Å². The van der Waals surface area contributed by atoms with Gasteiger partial charge in [-0.15, -0.1) is 0 Å². The fourth-order valence-corrected chi connectivity index (χ4v) is 2.54. The van der Waals surface area contributed by atoms with Crippen molar-refractivity contribution in [2.45, 2.75) is 39.3 Å². The second-order valence-electron chi connectivity index (χ2n) is 5.53. The van der Waals surface area contributed by atoms with Gasteiger partial charge in [-0.05, 0) is 25.3 Å². The molecule has 1 saturated heterocycles. The van der Waals surface area contributed by atoms with Gasteiger partial charge in [0.2, 0.25) is 0 Å². The van der Waals surface area contributed by atoms with Gasteiger partial charge in [0.1, 0.15) is 5.82 Å². The van der Waals surface area contributed by atoms with Gasteiger partial charge in [-0.25, -0.2) is 4.98 Å². The van der Waals surface area contributed by atoms with Crippen molar-refractivity contribution in [3.8, 4) is 0 Å². The Labute approximate surface area is 121 Å². The molecule has 0 saturated carbocycles. The number of nitrogens with zero attached hydrogens (tertiary/aromatic N) is 3. The summed E-state index contributed by atoms with van der Waals surface area (Å²) >= 11 is 0. The number of piperidine rings is 1. The Balaban J connectivity index is 1.92. The maximum atomic E-state index is 5.54. The van der Waals surface area contributed by atoms with Gasteiger partial charge < -0.3 is 15.0 Å². The fraction of sp³-hybridized carbons (Fsp3) is 0.733. The molecule has 2 rings (SSSR count). The predicted molar refractivity (Wildman–Crippen MR) is 80.8 cm³/mol. The van der Waals surface area contributed by atoms with E-state index in [1.165, 1.54) is 0 Å². The summed E-state index contributed by atoms with van der Waals surface area (Å²) in [4.78, 5) is 11.3. The van der Waals surface area contributed by atoms with Crippen LogP contribution < -0.4 is 10.2 Å². The van der Waals surface area contributed by atoms with E-state index in [1.807, 2.05) is 12.4 Å². The summed E-state index contributed by atoms with van der Waals surface area (Å²) in [6, 6.07) is 0. The molecule has 5 nitrogen and oxygen atoms in total. The van der Waals surface area contributed by atoms with E-state index in [1.54, 1.807) is 7.11 Å². The van der Waals surface area contributed by atoms with Crippen molar-refractivity contribution in [2.24, 2.45) is 5.92 Å². The summed E-state index contributed by atoms with van der Waals surface area (Å²) in [6.07, 6.45) is 6.32. The lowest BCUT2D eigenvalue weighted by molar-refractivity contribution is 0.0496. The molecule has 112 valence electrons. The Morgan fingerprint density at radius 2 is 2.25 bits per heavy atom. The molecule has 0 aromatic carbocycles. The molecule has 1 aromatic rings. The van der Waals surface area contributed by atoms with Crippen LogP contribution in [-0.2, 0) is 11.3 Å². The molecule has 0 amide bonds. The first-order valence-electron chi connectivity index (χ1n) is 7.54. The highest BCUT2D eigenvalue weighted by Crippen LogP contribution is 2.22. The third kappa shape index (κ3) is 3.90. The number of hydrogen-bond acceptors (Lipinski definition) is 5. The standard InChI is InChI=1S/C15H26N4O/c1-4-6-16-8-13-9-18-15(10-17-13)19-7-5-12(2)14(11-19)20-3/h9-10,12,14,16H,4-8,11H2,1-3H3. The minimum absolute atomic E-state index is 0.288. The van der Waals surface area contributed by atoms with Gasteiger partial charge in [0.05, 0.1) is 24.2 Å². The molecule has 0 spiro atoms. The zero-order valence-corrected chi connectivity index (χ0v) is 12.8. The van der Waals surface area contributed by atoms with Crippen LogP contribution in [0.25, 0.3) is 0 Å². The Bertz CT molecular complexity index is 395. The van der Waals surface area contributed by atoms with E-state index in [4.69, 9.17) is 4.74 Å². The SMILES string of the molecule is CCCNCc1cnc(N2CCC(C)C(OC)C2)cn1. The molecule has 20 heavy (non-hydrogen) atoms. The molecule has 0 bridgehead atoms. The summed E-state index contributed by atoms with van der Waals surface area (Å²) < 4.78 is 5.54. The van der Waals surface area contributed by atoms with Crippen LogP contribution in [0, 0.1) is 5.92 Å². The van der Waals surface area contributed by atoms with Crippen LogP contribution in [0.15, 0.2) is 12.4 Å². The van der Waals surface area contributed by atoms with E-state index in [2.05, 4.69) is 34.0 Å². The molecule has 5 heteroatoms. The van der Waals surface area contributed by atoms with Gasteiger partial charge in [0, 0.05) is 26.7 Å². The van der Waals surface area contributed by atoms with Crippen molar-refractivity contribution < 1.29 is 4.74 Å². The molecule has 2 atom stereocenters. The molecule has 2 heterocycles. The highest BCUT2D eigenvalue weighted by atomic mass is 16.5. The molecular formula is C15H26N4O. The number of nitrogens with one attached hydrogen (secondary N) is 1. The number of methoxy groups -OCH3 is 1. The molecule has 1 fully saturated rings. The fourth-order valence-electron chi connectivity index (χ4n) is 2.54. The summed E-state index contributed by atoms with van der Waals surface area (Å²) in [5.41, 5.74) is 0.996. The van der Waals surface area contributed by atoms with Crippen LogP contribution in [0.4, 0.5) is 5.82 Å².